The Morgan fingerprint density at radius 1 is 1.50 bits per heavy atom. The van der Waals surface area contributed by atoms with Crippen LogP contribution in [0.5, 0.6) is 0 Å². The van der Waals surface area contributed by atoms with E-state index in [-0.39, 0.29) is 24.8 Å². The van der Waals surface area contributed by atoms with E-state index in [1.54, 1.807) is 12.4 Å². The molecule has 3 nitrogen and oxygen atoms in total. The first-order valence-corrected chi connectivity index (χ1v) is 5.20. The van der Waals surface area contributed by atoms with Gasteiger partial charge in [-0.05, 0) is 18.1 Å². The normalized spacial score (nSPS) is 20.0. The van der Waals surface area contributed by atoms with Gasteiger partial charge in [-0.3, -0.25) is 9.88 Å². The lowest BCUT2D eigenvalue weighted by atomic mass is 10.2. The Balaban J connectivity index is 0.00000112. The van der Waals surface area contributed by atoms with Crippen LogP contribution < -0.4 is 5.73 Å². The first-order chi connectivity index (χ1) is 6.75. The molecule has 0 radical (unpaired) electrons. The molecule has 92 valence electrons. The average Bonchev–Trinajstić information content (AvgIpc) is 2.56. The van der Waals surface area contributed by atoms with Gasteiger partial charge in [-0.25, -0.2) is 0 Å². The lowest BCUT2D eigenvalue weighted by Gasteiger charge is -2.15. The van der Waals surface area contributed by atoms with Crippen LogP contribution in [0.1, 0.15) is 12.0 Å². The Labute approximate surface area is 113 Å². The van der Waals surface area contributed by atoms with Gasteiger partial charge in [0.05, 0.1) is 5.02 Å². The predicted molar refractivity (Wildman–Crippen MR) is 71.6 cm³/mol. The standard InChI is InChI=1S/C10H14ClN3.2ClH/c11-10-5-13-3-1-8(10)6-14-4-2-9(12)7-14;;/h1,3,5,9H,2,4,6-7,12H2;2*1H/t9-;;/m1../s1. The molecule has 0 aliphatic carbocycles. The smallest absolute Gasteiger partial charge is 0.0634 e. The van der Waals surface area contributed by atoms with Gasteiger partial charge in [0.1, 0.15) is 0 Å². The molecule has 1 aliphatic heterocycles. The number of nitrogens with zero attached hydrogens (tertiary/aromatic N) is 2. The third-order valence-electron chi connectivity index (χ3n) is 2.56. The van der Waals surface area contributed by atoms with E-state index in [0.29, 0.717) is 6.04 Å². The summed E-state index contributed by atoms with van der Waals surface area (Å²) in [6.45, 7) is 2.92. The van der Waals surface area contributed by atoms with Crippen molar-refractivity contribution in [2.45, 2.75) is 19.0 Å². The average molecular weight is 285 g/mol. The Kier molecular flexibility index (Phi) is 7.27. The highest BCUT2D eigenvalue weighted by atomic mass is 35.5. The van der Waals surface area contributed by atoms with Gasteiger partial charge in [-0.1, -0.05) is 11.6 Å². The lowest BCUT2D eigenvalue weighted by Crippen LogP contribution is -2.26. The third-order valence-corrected chi connectivity index (χ3v) is 2.90. The van der Waals surface area contributed by atoms with E-state index in [9.17, 15) is 0 Å². The summed E-state index contributed by atoms with van der Waals surface area (Å²) in [7, 11) is 0. The molecule has 1 aromatic heterocycles. The number of likely N-dealkylation sites (tertiary alicyclic amines) is 1. The van der Waals surface area contributed by atoms with Crippen molar-refractivity contribution in [3.63, 3.8) is 0 Å². The molecule has 0 saturated carbocycles. The van der Waals surface area contributed by atoms with Crippen molar-refractivity contribution in [3.8, 4) is 0 Å². The van der Waals surface area contributed by atoms with Crippen molar-refractivity contribution in [3.05, 3.63) is 29.0 Å². The van der Waals surface area contributed by atoms with Crippen LogP contribution in [0.15, 0.2) is 18.5 Å². The summed E-state index contributed by atoms with van der Waals surface area (Å²) in [5.74, 6) is 0. The Morgan fingerprint density at radius 3 is 2.81 bits per heavy atom. The van der Waals surface area contributed by atoms with Crippen molar-refractivity contribution in [2.75, 3.05) is 13.1 Å². The Hall–Kier alpha value is -0.0600. The van der Waals surface area contributed by atoms with E-state index >= 15 is 0 Å². The SMILES string of the molecule is Cl.Cl.N[C@@H]1CCN(Cc2ccncc2Cl)C1. The highest BCUT2D eigenvalue weighted by Crippen LogP contribution is 2.18. The lowest BCUT2D eigenvalue weighted by molar-refractivity contribution is 0.327. The molecule has 2 N–H and O–H groups in total. The number of halogens is 3. The predicted octanol–water partition coefficient (Wildman–Crippen LogP) is 2.11. The fraction of sp³-hybridized carbons (Fsp3) is 0.500. The van der Waals surface area contributed by atoms with E-state index in [1.165, 1.54) is 0 Å². The van der Waals surface area contributed by atoms with Crippen LogP contribution in [-0.4, -0.2) is 29.0 Å². The second-order valence-corrected chi connectivity index (χ2v) is 4.16. The number of nitrogens with two attached hydrogens (primary N) is 1. The Bertz CT molecular complexity index is 322. The minimum Gasteiger partial charge on any atom is -0.326 e. The molecule has 0 unspecified atom stereocenters. The fourth-order valence-corrected chi connectivity index (χ4v) is 1.96. The quantitative estimate of drug-likeness (QED) is 0.904. The summed E-state index contributed by atoms with van der Waals surface area (Å²) in [5, 5.41) is 0.743. The fourth-order valence-electron chi connectivity index (χ4n) is 1.78. The number of rotatable bonds is 2. The molecule has 6 heteroatoms. The second-order valence-electron chi connectivity index (χ2n) is 3.75. The van der Waals surface area contributed by atoms with Gasteiger partial charge in [0.15, 0.2) is 0 Å². The maximum atomic E-state index is 6.02. The molecule has 0 aromatic carbocycles. The van der Waals surface area contributed by atoms with Gasteiger partial charge in [0.25, 0.3) is 0 Å². The van der Waals surface area contributed by atoms with Crippen molar-refractivity contribution in [2.24, 2.45) is 5.73 Å². The maximum Gasteiger partial charge on any atom is 0.0634 e. The van der Waals surface area contributed by atoms with Gasteiger partial charge in [0.2, 0.25) is 0 Å². The second kappa shape index (κ2) is 7.30. The van der Waals surface area contributed by atoms with Crippen LogP contribution in [0, 0.1) is 0 Å². The molecule has 0 spiro atoms. The van der Waals surface area contributed by atoms with Gasteiger partial charge < -0.3 is 5.73 Å². The molecule has 1 saturated heterocycles. The van der Waals surface area contributed by atoms with E-state index in [1.807, 2.05) is 6.07 Å². The molecule has 16 heavy (non-hydrogen) atoms. The van der Waals surface area contributed by atoms with E-state index in [2.05, 4.69) is 9.88 Å². The zero-order valence-corrected chi connectivity index (χ0v) is 11.2. The van der Waals surface area contributed by atoms with Crippen molar-refractivity contribution in [1.82, 2.24) is 9.88 Å². The first kappa shape index (κ1) is 15.9. The van der Waals surface area contributed by atoms with Gasteiger partial charge in [0, 0.05) is 38.1 Å². The summed E-state index contributed by atoms with van der Waals surface area (Å²) in [4.78, 5) is 6.28. The molecule has 1 aromatic rings. The van der Waals surface area contributed by atoms with E-state index in [0.717, 1.165) is 36.6 Å². The van der Waals surface area contributed by atoms with Crippen LogP contribution in [0.2, 0.25) is 5.02 Å². The number of aromatic nitrogens is 1. The third kappa shape index (κ3) is 4.07. The van der Waals surface area contributed by atoms with Crippen molar-refractivity contribution >= 4 is 36.4 Å². The molecule has 2 rings (SSSR count). The zero-order chi connectivity index (χ0) is 9.97. The van der Waals surface area contributed by atoms with Gasteiger partial charge >= 0.3 is 0 Å². The first-order valence-electron chi connectivity index (χ1n) is 4.82. The summed E-state index contributed by atoms with van der Waals surface area (Å²) in [6, 6.07) is 2.29. The topological polar surface area (TPSA) is 42.1 Å². The van der Waals surface area contributed by atoms with Crippen LogP contribution in [0.4, 0.5) is 0 Å². The van der Waals surface area contributed by atoms with Gasteiger partial charge in [-0.15, -0.1) is 24.8 Å². The molecule has 0 bridgehead atoms. The number of hydrogen-bond donors (Lipinski definition) is 1. The number of pyridine rings is 1. The van der Waals surface area contributed by atoms with Crippen molar-refractivity contribution in [1.29, 1.82) is 0 Å². The minimum absolute atomic E-state index is 0. The zero-order valence-electron chi connectivity index (χ0n) is 8.80. The number of hydrogen-bond acceptors (Lipinski definition) is 3. The molecule has 0 amide bonds. The summed E-state index contributed by atoms with van der Waals surface area (Å²) in [6.07, 6.45) is 4.55. The monoisotopic (exact) mass is 283 g/mol. The molecule has 1 atom stereocenters. The highest BCUT2D eigenvalue weighted by Gasteiger charge is 2.19. The molecular weight excluding hydrogens is 268 g/mol. The summed E-state index contributed by atoms with van der Waals surface area (Å²) < 4.78 is 0. The molecule has 1 fully saturated rings. The van der Waals surface area contributed by atoms with Crippen LogP contribution in [0.25, 0.3) is 0 Å². The van der Waals surface area contributed by atoms with E-state index in [4.69, 9.17) is 17.3 Å². The van der Waals surface area contributed by atoms with Gasteiger partial charge in [-0.2, -0.15) is 0 Å². The molecule has 2 heterocycles. The highest BCUT2D eigenvalue weighted by molar-refractivity contribution is 6.31. The minimum atomic E-state index is 0. The molecular formula is C10H16Cl3N3. The van der Waals surface area contributed by atoms with Crippen molar-refractivity contribution < 1.29 is 0 Å². The summed E-state index contributed by atoms with van der Waals surface area (Å²) in [5.41, 5.74) is 6.96. The molecule has 1 aliphatic rings. The largest absolute Gasteiger partial charge is 0.326 e. The maximum absolute atomic E-state index is 6.02. The van der Waals surface area contributed by atoms with Crippen LogP contribution in [-0.2, 0) is 6.54 Å². The Morgan fingerprint density at radius 2 is 2.25 bits per heavy atom. The van der Waals surface area contributed by atoms with Crippen LogP contribution in [0.3, 0.4) is 0 Å². The van der Waals surface area contributed by atoms with E-state index < -0.39 is 0 Å². The van der Waals surface area contributed by atoms with Crippen LogP contribution >= 0.6 is 36.4 Å². The summed E-state index contributed by atoms with van der Waals surface area (Å²) >= 11 is 6.02.